The molecule has 1 aliphatic rings. The maximum absolute atomic E-state index is 10.9. The lowest BCUT2D eigenvalue weighted by Gasteiger charge is -2.31. The van der Waals surface area contributed by atoms with E-state index in [2.05, 4.69) is 20.4 Å². The number of rotatable bonds is 4. The summed E-state index contributed by atoms with van der Waals surface area (Å²) in [7, 11) is 0. The Balaban J connectivity index is 2.52. The minimum Gasteiger partial charge on any atom is -0.459 e. The molecule has 0 amide bonds. The highest BCUT2D eigenvalue weighted by Crippen LogP contribution is 2.33. The standard InChI is InChI=1S/C11H18O3/c1-4-10(12)13-8-11(9(2)3)6-5-7-14-11/h4,9H,1,5-8H2,2-3H3. The van der Waals surface area contributed by atoms with Crippen molar-refractivity contribution in [2.45, 2.75) is 32.3 Å². The molecule has 0 aromatic carbocycles. The van der Waals surface area contributed by atoms with Crippen molar-refractivity contribution in [1.82, 2.24) is 0 Å². The Bertz CT molecular complexity index is 215. The van der Waals surface area contributed by atoms with Crippen molar-refractivity contribution >= 4 is 5.97 Å². The van der Waals surface area contributed by atoms with Gasteiger partial charge in [-0.25, -0.2) is 4.79 Å². The van der Waals surface area contributed by atoms with Gasteiger partial charge in [0, 0.05) is 12.7 Å². The van der Waals surface area contributed by atoms with E-state index >= 15 is 0 Å². The van der Waals surface area contributed by atoms with E-state index in [0.717, 1.165) is 19.4 Å². The van der Waals surface area contributed by atoms with Gasteiger partial charge in [-0.1, -0.05) is 20.4 Å². The summed E-state index contributed by atoms with van der Waals surface area (Å²) in [4.78, 5) is 10.9. The zero-order chi connectivity index (χ0) is 10.6. The van der Waals surface area contributed by atoms with Crippen molar-refractivity contribution in [3.05, 3.63) is 12.7 Å². The fourth-order valence-electron chi connectivity index (χ4n) is 1.71. The summed E-state index contributed by atoms with van der Waals surface area (Å²) in [5.74, 6) is -0.0110. The topological polar surface area (TPSA) is 35.5 Å². The maximum atomic E-state index is 10.9. The van der Waals surface area contributed by atoms with Gasteiger partial charge < -0.3 is 9.47 Å². The van der Waals surface area contributed by atoms with Gasteiger partial charge in [-0.05, 0) is 18.8 Å². The first-order chi connectivity index (χ1) is 6.60. The molecule has 1 rings (SSSR count). The molecule has 0 saturated carbocycles. The molecule has 1 fully saturated rings. The summed E-state index contributed by atoms with van der Waals surface area (Å²) in [6.45, 7) is 8.65. The molecular weight excluding hydrogens is 180 g/mol. The molecular formula is C11H18O3. The molecule has 0 spiro atoms. The van der Waals surface area contributed by atoms with Gasteiger partial charge in [0.1, 0.15) is 12.2 Å². The lowest BCUT2D eigenvalue weighted by molar-refractivity contribution is -0.150. The van der Waals surface area contributed by atoms with Crippen molar-refractivity contribution < 1.29 is 14.3 Å². The van der Waals surface area contributed by atoms with Crippen molar-refractivity contribution in [1.29, 1.82) is 0 Å². The van der Waals surface area contributed by atoms with E-state index in [1.54, 1.807) is 0 Å². The normalized spacial score (nSPS) is 26.5. The molecule has 3 nitrogen and oxygen atoms in total. The quantitative estimate of drug-likeness (QED) is 0.511. The van der Waals surface area contributed by atoms with Crippen LogP contribution in [0, 0.1) is 5.92 Å². The first-order valence-electron chi connectivity index (χ1n) is 5.04. The lowest BCUT2D eigenvalue weighted by Crippen LogP contribution is -2.40. The van der Waals surface area contributed by atoms with E-state index in [1.165, 1.54) is 6.08 Å². The first-order valence-corrected chi connectivity index (χ1v) is 5.04. The second-order valence-electron chi connectivity index (χ2n) is 3.98. The number of hydrogen-bond donors (Lipinski definition) is 0. The van der Waals surface area contributed by atoms with Crippen molar-refractivity contribution in [2.75, 3.05) is 13.2 Å². The number of esters is 1. The minimum absolute atomic E-state index is 0.265. The van der Waals surface area contributed by atoms with Gasteiger partial charge in [-0.2, -0.15) is 0 Å². The zero-order valence-electron chi connectivity index (χ0n) is 8.91. The Morgan fingerprint density at radius 2 is 2.43 bits per heavy atom. The summed E-state index contributed by atoms with van der Waals surface area (Å²) in [6, 6.07) is 0. The van der Waals surface area contributed by atoms with Crippen molar-refractivity contribution in [3.8, 4) is 0 Å². The molecule has 0 aromatic rings. The number of hydrogen-bond acceptors (Lipinski definition) is 3. The Hall–Kier alpha value is -0.830. The van der Waals surface area contributed by atoms with Crippen LogP contribution in [0.1, 0.15) is 26.7 Å². The van der Waals surface area contributed by atoms with E-state index in [-0.39, 0.29) is 11.6 Å². The molecule has 0 aliphatic carbocycles. The minimum atomic E-state index is -0.375. The van der Waals surface area contributed by atoms with E-state index in [1.807, 2.05) is 0 Å². The molecule has 3 heteroatoms. The summed E-state index contributed by atoms with van der Waals surface area (Å²) < 4.78 is 10.7. The third-order valence-corrected chi connectivity index (χ3v) is 2.81. The summed E-state index contributed by atoms with van der Waals surface area (Å²) >= 11 is 0. The Kier molecular flexibility index (Phi) is 3.69. The van der Waals surface area contributed by atoms with Crippen molar-refractivity contribution in [2.24, 2.45) is 5.92 Å². The monoisotopic (exact) mass is 198 g/mol. The molecule has 1 atom stereocenters. The molecule has 1 saturated heterocycles. The smallest absolute Gasteiger partial charge is 0.330 e. The highest BCUT2D eigenvalue weighted by Gasteiger charge is 2.39. The van der Waals surface area contributed by atoms with Crippen LogP contribution < -0.4 is 0 Å². The maximum Gasteiger partial charge on any atom is 0.330 e. The molecule has 1 unspecified atom stereocenters. The van der Waals surface area contributed by atoms with Crippen LogP contribution in [-0.2, 0) is 14.3 Å². The molecule has 80 valence electrons. The number of ether oxygens (including phenoxy) is 2. The van der Waals surface area contributed by atoms with Gasteiger partial charge in [-0.3, -0.25) is 0 Å². The summed E-state index contributed by atoms with van der Waals surface area (Å²) in [5.41, 5.74) is -0.265. The molecule has 0 bridgehead atoms. The largest absolute Gasteiger partial charge is 0.459 e. The van der Waals surface area contributed by atoms with Crippen LogP contribution in [0.15, 0.2) is 12.7 Å². The van der Waals surface area contributed by atoms with Gasteiger partial charge in [0.2, 0.25) is 0 Å². The summed E-state index contributed by atoms with van der Waals surface area (Å²) in [6.07, 6.45) is 3.20. The van der Waals surface area contributed by atoms with Crippen LogP contribution in [0.5, 0.6) is 0 Å². The molecule has 1 heterocycles. The van der Waals surface area contributed by atoms with E-state index in [4.69, 9.17) is 9.47 Å². The SMILES string of the molecule is C=CC(=O)OCC1(C(C)C)CCCO1. The van der Waals surface area contributed by atoms with Gasteiger partial charge in [-0.15, -0.1) is 0 Å². The average Bonchev–Trinajstić information content (AvgIpc) is 2.64. The average molecular weight is 198 g/mol. The third kappa shape index (κ3) is 2.35. The van der Waals surface area contributed by atoms with Crippen LogP contribution in [-0.4, -0.2) is 24.8 Å². The fourth-order valence-corrected chi connectivity index (χ4v) is 1.71. The number of carbonyl (C=O) groups excluding carboxylic acids is 1. The van der Waals surface area contributed by atoms with Crippen molar-refractivity contribution in [3.63, 3.8) is 0 Å². The Labute approximate surface area is 85.1 Å². The molecule has 0 aromatic heterocycles. The van der Waals surface area contributed by atoms with Crippen LogP contribution in [0.25, 0.3) is 0 Å². The predicted octanol–water partition coefficient (Wildman–Crippen LogP) is 1.92. The van der Waals surface area contributed by atoms with Crippen LogP contribution in [0.2, 0.25) is 0 Å². The number of carbonyl (C=O) groups is 1. The lowest BCUT2D eigenvalue weighted by atomic mass is 9.88. The molecule has 0 N–H and O–H groups in total. The molecule has 1 aliphatic heterocycles. The summed E-state index contributed by atoms with van der Waals surface area (Å²) in [5, 5.41) is 0. The van der Waals surface area contributed by atoms with Crippen LogP contribution >= 0.6 is 0 Å². The van der Waals surface area contributed by atoms with Crippen LogP contribution in [0.3, 0.4) is 0 Å². The van der Waals surface area contributed by atoms with E-state index in [0.29, 0.717) is 12.5 Å². The van der Waals surface area contributed by atoms with Gasteiger partial charge in [0.15, 0.2) is 0 Å². The van der Waals surface area contributed by atoms with E-state index in [9.17, 15) is 4.79 Å². The fraction of sp³-hybridized carbons (Fsp3) is 0.727. The third-order valence-electron chi connectivity index (χ3n) is 2.81. The molecule has 14 heavy (non-hydrogen) atoms. The van der Waals surface area contributed by atoms with Gasteiger partial charge in [0.25, 0.3) is 0 Å². The van der Waals surface area contributed by atoms with Gasteiger partial charge in [0.05, 0.1) is 0 Å². The second-order valence-corrected chi connectivity index (χ2v) is 3.98. The highest BCUT2D eigenvalue weighted by atomic mass is 16.6. The zero-order valence-corrected chi connectivity index (χ0v) is 8.91. The Morgan fingerprint density at radius 3 is 2.86 bits per heavy atom. The Morgan fingerprint density at radius 1 is 1.71 bits per heavy atom. The highest BCUT2D eigenvalue weighted by molar-refractivity contribution is 5.81. The van der Waals surface area contributed by atoms with E-state index < -0.39 is 0 Å². The molecule has 0 radical (unpaired) electrons. The van der Waals surface area contributed by atoms with Crippen LogP contribution in [0.4, 0.5) is 0 Å². The predicted molar refractivity (Wildman–Crippen MR) is 53.9 cm³/mol. The second kappa shape index (κ2) is 4.60. The first kappa shape index (κ1) is 11.2. The van der Waals surface area contributed by atoms with Gasteiger partial charge >= 0.3 is 5.97 Å².